The first kappa shape index (κ1) is 12.3. The summed E-state index contributed by atoms with van der Waals surface area (Å²) in [6.07, 6.45) is 5.83. The highest BCUT2D eigenvalue weighted by atomic mass is 35.5. The van der Waals surface area contributed by atoms with Gasteiger partial charge in [0, 0.05) is 35.6 Å². The predicted molar refractivity (Wildman–Crippen MR) is 74.4 cm³/mol. The molecular weight excluding hydrogens is 269 g/mol. The fourth-order valence-corrected chi connectivity index (χ4v) is 2.78. The second-order valence-electron chi connectivity index (χ2n) is 4.85. The fourth-order valence-electron chi connectivity index (χ4n) is 2.27. The monoisotopic (exact) mass is 283 g/mol. The second-order valence-corrected chi connectivity index (χ2v) is 5.73. The molecular formula is C14H15Cl2NO. The van der Waals surface area contributed by atoms with Crippen LogP contribution < -0.4 is 4.74 Å². The molecule has 0 spiro atoms. The van der Waals surface area contributed by atoms with Gasteiger partial charge in [0.15, 0.2) is 0 Å². The molecule has 1 fully saturated rings. The minimum atomic E-state index is 0.605. The first-order valence-electron chi connectivity index (χ1n) is 6.28. The Morgan fingerprint density at radius 3 is 2.39 bits per heavy atom. The normalized spacial score (nSPS) is 20.7. The SMILES string of the molecule is Clc1cc(Cl)cc(OC2=CCN(C3CC3)CC2)c1. The molecule has 4 heteroatoms. The lowest BCUT2D eigenvalue weighted by molar-refractivity contribution is 0.253. The predicted octanol–water partition coefficient (Wildman–Crippen LogP) is 4.12. The summed E-state index contributed by atoms with van der Waals surface area (Å²) < 4.78 is 5.83. The number of hydrogen-bond acceptors (Lipinski definition) is 2. The third kappa shape index (κ3) is 3.00. The van der Waals surface area contributed by atoms with Gasteiger partial charge in [0.2, 0.25) is 0 Å². The average molecular weight is 284 g/mol. The van der Waals surface area contributed by atoms with E-state index in [2.05, 4.69) is 11.0 Å². The van der Waals surface area contributed by atoms with Gasteiger partial charge in [0.1, 0.15) is 11.5 Å². The second kappa shape index (κ2) is 5.12. The minimum Gasteiger partial charge on any atom is -0.462 e. The Balaban J connectivity index is 1.65. The summed E-state index contributed by atoms with van der Waals surface area (Å²) in [5, 5.41) is 1.21. The Morgan fingerprint density at radius 2 is 1.83 bits per heavy atom. The largest absolute Gasteiger partial charge is 0.462 e. The molecule has 2 nitrogen and oxygen atoms in total. The maximum absolute atomic E-state index is 5.95. The van der Waals surface area contributed by atoms with Gasteiger partial charge in [-0.3, -0.25) is 4.90 Å². The number of ether oxygens (including phenoxy) is 1. The Morgan fingerprint density at radius 1 is 1.11 bits per heavy atom. The van der Waals surface area contributed by atoms with Gasteiger partial charge in [-0.25, -0.2) is 0 Å². The minimum absolute atomic E-state index is 0.605. The molecule has 0 aromatic heterocycles. The van der Waals surface area contributed by atoms with Crippen LogP contribution >= 0.6 is 23.2 Å². The summed E-state index contributed by atoms with van der Waals surface area (Å²) in [6.45, 7) is 2.08. The Labute approximate surface area is 117 Å². The summed E-state index contributed by atoms with van der Waals surface area (Å²) in [7, 11) is 0. The van der Waals surface area contributed by atoms with E-state index in [-0.39, 0.29) is 0 Å². The molecule has 1 aliphatic heterocycles. The van der Waals surface area contributed by atoms with E-state index >= 15 is 0 Å². The summed E-state index contributed by atoms with van der Waals surface area (Å²) in [5.74, 6) is 1.74. The van der Waals surface area contributed by atoms with Crippen molar-refractivity contribution in [3.8, 4) is 5.75 Å². The van der Waals surface area contributed by atoms with Crippen molar-refractivity contribution >= 4 is 23.2 Å². The molecule has 1 aromatic rings. The van der Waals surface area contributed by atoms with Crippen molar-refractivity contribution < 1.29 is 4.74 Å². The molecule has 0 unspecified atom stereocenters. The van der Waals surface area contributed by atoms with E-state index in [9.17, 15) is 0 Å². The van der Waals surface area contributed by atoms with E-state index in [4.69, 9.17) is 27.9 Å². The third-order valence-electron chi connectivity index (χ3n) is 3.35. The van der Waals surface area contributed by atoms with Crippen molar-refractivity contribution in [1.82, 2.24) is 4.90 Å². The molecule has 0 bridgehead atoms. The number of rotatable bonds is 3. The molecule has 2 aliphatic rings. The van der Waals surface area contributed by atoms with E-state index in [1.165, 1.54) is 12.8 Å². The summed E-state index contributed by atoms with van der Waals surface area (Å²) in [5.41, 5.74) is 0. The van der Waals surface area contributed by atoms with Crippen LogP contribution in [0.25, 0.3) is 0 Å². The van der Waals surface area contributed by atoms with E-state index in [0.29, 0.717) is 10.0 Å². The van der Waals surface area contributed by atoms with Crippen molar-refractivity contribution in [2.45, 2.75) is 25.3 Å². The molecule has 3 rings (SSSR count). The van der Waals surface area contributed by atoms with Gasteiger partial charge in [-0.1, -0.05) is 23.2 Å². The first-order valence-corrected chi connectivity index (χ1v) is 7.03. The van der Waals surface area contributed by atoms with Crippen molar-refractivity contribution in [2.24, 2.45) is 0 Å². The molecule has 0 saturated heterocycles. The van der Waals surface area contributed by atoms with Gasteiger partial charge >= 0.3 is 0 Å². The van der Waals surface area contributed by atoms with Gasteiger partial charge in [0.05, 0.1) is 0 Å². The van der Waals surface area contributed by atoms with Crippen LogP contribution in [-0.4, -0.2) is 24.0 Å². The van der Waals surface area contributed by atoms with Crippen LogP contribution in [0.5, 0.6) is 5.75 Å². The standard InChI is InChI=1S/C14H15Cl2NO/c15-10-7-11(16)9-14(8-10)18-13-3-5-17(6-4-13)12-1-2-12/h3,7-9,12H,1-2,4-6H2. The zero-order chi connectivity index (χ0) is 12.5. The molecule has 1 heterocycles. The molecule has 0 amide bonds. The topological polar surface area (TPSA) is 12.5 Å². The van der Waals surface area contributed by atoms with Gasteiger partial charge in [-0.05, 0) is 37.1 Å². The van der Waals surface area contributed by atoms with Gasteiger partial charge in [0.25, 0.3) is 0 Å². The van der Waals surface area contributed by atoms with E-state index in [1.807, 2.05) is 0 Å². The van der Waals surface area contributed by atoms with Crippen LogP contribution in [0.15, 0.2) is 30.0 Å². The Bertz CT molecular complexity index is 462. The van der Waals surface area contributed by atoms with Crippen LogP contribution in [0.4, 0.5) is 0 Å². The van der Waals surface area contributed by atoms with Crippen LogP contribution in [0.3, 0.4) is 0 Å². The summed E-state index contributed by atoms with van der Waals surface area (Å²) in [6, 6.07) is 6.12. The highest BCUT2D eigenvalue weighted by molar-refractivity contribution is 6.34. The zero-order valence-electron chi connectivity index (χ0n) is 10.0. The van der Waals surface area contributed by atoms with Crippen LogP contribution in [-0.2, 0) is 0 Å². The molecule has 1 aliphatic carbocycles. The number of hydrogen-bond donors (Lipinski definition) is 0. The molecule has 1 aromatic carbocycles. The summed E-state index contributed by atoms with van der Waals surface area (Å²) >= 11 is 11.9. The number of benzene rings is 1. The molecule has 0 N–H and O–H groups in total. The van der Waals surface area contributed by atoms with Crippen LogP contribution in [0.2, 0.25) is 10.0 Å². The van der Waals surface area contributed by atoms with Gasteiger partial charge in [-0.2, -0.15) is 0 Å². The molecule has 0 atom stereocenters. The van der Waals surface area contributed by atoms with Crippen molar-refractivity contribution in [1.29, 1.82) is 0 Å². The maximum Gasteiger partial charge on any atom is 0.129 e. The van der Waals surface area contributed by atoms with Gasteiger partial charge in [-0.15, -0.1) is 0 Å². The molecule has 0 radical (unpaired) electrons. The van der Waals surface area contributed by atoms with Crippen molar-refractivity contribution in [3.63, 3.8) is 0 Å². The maximum atomic E-state index is 5.95. The van der Waals surface area contributed by atoms with Crippen LogP contribution in [0, 0.1) is 0 Å². The smallest absolute Gasteiger partial charge is 0.129 e. The van der Waals surface area contributed by atoms with Crippen molar-refractivity contribution in [3.05, 3.63) is 40.1 Å². The summed E-state index contributed by atoms with van der Waals surface area (Å²) in [4.78, 5) is 2.51. The number of nitrogens with zero attached hydrogens (tertiary/aromatic N) is 1. The van der Waals surface area contributed by atoms with E-state index in [1.54, 1.807) is 18.2 Å². The highest BCUT2D eigenvalue weighted by Gasteiger charge is 2.29. The van der Waals surface area contributed by atoms with Crippen LogP contribution in [0.1, 0.15) is 19.3 Å². The van der Waals surface area contributed by atoms with E-state index in [0.717, 1.165) is 37.1 Å². The fraction of sp³-hybridized carbons (Fsp3) is 0.429. The lowest BCUT2D eigenvalue weighted by atomic mass is 10.2. The van der Waals surface area contributed by atoms with Crippen molar-refractivity contribution in [2.75, 3.05) is 13.1 Å². The first-order chi connectivity index (χ1) is 8.70. The number of halogens is 2. The average Bonchev–Trinajstić information content (AvgIpc) is 3.12. The molecule has 96 valence electrons. The zero-order valence-corrected chi connectivity index (χ0v) is 11.5. The lowest BCUT2D eigenvalue weighted by Crippen LogP contribution is -2.31. The quantitative estimate of drug-likeness (QED) is 0.827. The Kier molecular flexibility index (Phi) is 3.51. The highest BCUT2D eigenvalue weighted by Crippen LogP contribution is 2.30. The van der Waals surface area contributed by atoms with E-state index < -0.39 is 0 Å². The molecule has 18 heavy (non-hydrogen) atoms. The lowest BCUT2D eigenvalue weighted by Gasteiger charge is -2.25. The molecule has 1 saturated carbocycles. The Hall–Kier alpha value is -0.700. The third-order valence-corrected chi connectivity index (χ3v) is 3.78. The van der Waals surface area contributed by atoms with Gasteiger partial charge < -0.3 is 4.74 Å².